The van der Waals surface area contributed by atoms with Crippen molar-refractivity contribution in [2.24, 2.45) is 5.73 Å². The predicted octanol–water partition coefficient (Wildman–Crippen LogP) is 3.41. The van der Waals surface area contributed by atoms with Crippen LogP contribution >= 0.6 is 23.2 Å². The Morgan fingerprint density at radius 2 is 1.74 bits per heavy atom. The lowest BCUT2D eigenvalue weighted by Gasteiger charge is -2.37. The molecule has 0 spiro atoms. The number of carbonyl (C=O) groups excluding carboxylic acids is 3. The lowest BCUT2D eigenvalue weighted by Crippen LogP contribution is -2.56. The molecule has 4 N–H and O–H groups in total. The number of rotatable bonds is 11. The summed E-state index contributed by atoms with van der Waals surface area (Å²) in [5, 5.41) is 6.49. The van der Waals surface area contributed by atoms with Crippen molar-refractivity contribution in [1.29, 1.82) is 0 Å². The van der Waals surface area contributed by atoms with Crippen LogP contribution in [0.25, 0.3) is 0 Å². The van der Waals surface area contributed by atoms with Crippen LogP contribution in [0, 0.1) is 0 Å². The van der Waals surface area contributed by atoms with E-state index in [1.54, 1.807) is 59.6 Å². The van der Waals surface area contributed by atoms with Gasteiger partial charge < -0.3 is 35.6 Å². The Bertz CT molecular complexity index is 1430. The molecule has 13 heteroatoms. The second kappa shape index (κ2) is 15.4. The summed E-state index contributed by atoms with van der Waals surface area (Å²) in [7, 11) is 1.50. The van der Waals surface area contributed by atoms with E-state index in [2.05, 4.69) is 20.5 Å². The van der Waals surface area contributed by atoms with Gasteiger partial charge in [-0.3, -0.25) is 9.59 Å². The van der Waals surface area contributed by atoms with Crippen LogP contribution in [0.5, 0.6) is 11.5 Å². The van der Waals surface area contributed by atoms with Crippen molar-refractivity contribution in [3.63, 3.8) is 0 Å². The molecular weight excluding hydrogens is 595 g/mol. The van der Waals surface area contributed by atoms with Gasteiger partial charge in [0, 0.05) is 73.9 Å². The monoisotopic (exact) mass is 628 g/mol. The summed E-state index contributed by atoms with van der Waals surface area (Å²) in [6.07, 6.45) is 1.38. The highest BCUT2D eigenvalue weighted by molar-refractivity contribution is 6.35. The van der Waals surface area contributed by atoms with Crippen LogP contribution < -0.4 is 30.7 Å². The predicted molar refractivity (Wildman–Crippen MR) is 165 cm³/mol. The Morgan fingerprint density at radius 1 is 1.00 bits per heavy atom. The number of nitrogens with one attached hydrogen (secondary N) is 2. The molecule has 1 aliphatic rings. The van der Waals surface area contributed by atoms with Gasteiger partial charge >= 0.3 is 6.09 Å². The number of hydrogen-bond acceptors (Lipinski definition) is 8. The van der Waals surface area contributed by atoms with Crippen LogP contribution in [0.1, 0.15) is 17.5 Å². The molecule has 43 heavy (non-hydrogen) atoms. The Balaban J connectivity index is 1.38. The number of nitrogens with two attached hydrogens (primary N) is 1. The zero-order chi connectivity index (χ0) is 30.8. The van der Waals surface area contributed by atoms with Crippen molar-refractivity contribution in [3.05, 3.63) is 82.0 Å². The summed E-state index contributed by atoms with van der Waals surface area (Å²) in [5.74, 6) is 0.945. The molecule has 1 atom stereocenters. The minimum Gasteiger partial charge on any atom is -0.493 e. The minimum atomic E-state index is -0.812. The first-order valence-corrected chi connectivity index (χ1v) is 14.5. The highest BCUT2D eigenvalue weighted by Crippen LogP contribution is 2.26. The quantitative estimate of drug-likeness (QED) is 0.294. The van der Waals surface area contributed by atoms with Crippen LogP contribution in [0.4, 0.5) is 10.6 Å². The van der Waals surface area contributed by atoms with Gasteiger partial charge in [-0.2, -0.15) is 0 Å². The largest absolute Gasteiger partial charge is 0.493 e. The van der Waals surface area contributed by atoms with Crippen molar-refractivity contribution in [2.75, 3.05) is 44.7 Å². The molecule has 228 valence electrons. The SMILES string of the molecule is COc1ccccc1OC(=O)NCc1cccnc1N1CCN(C(=O)[C@@H](Cc2ccc(Cl)cc2Cl)NC(=O)CCN)CC1. The van der Waals surface area contributed by atoms with Gasteiger partial charge in [0.15, 0.2) is 11.5 Å². The number of carbonyl (C=O) groups is 3. The lowest BCUT2D eigenvalue weighted by atomic mass is 10.0. The number of amides is 3. The summed E-state index contributed by atoms with van der Waals surface area (Å²) in [6.45, 7) is 2.20. The van der Waals surface area contributed by atoms with E-state index in [0.29, 0.717) is 59.1 Å². The Kier molecular flexibility index (Phi) is 11.4. The first kappa shape index (κ1) is 31.9. The van der Waals surface area contributed by atoms with Crippen molar-refractivity contribution < 1.29 is 23.9 Å². The molecule has 0 unspecified atom stereocenters. The molecule has 0 bridgehead atoms. The molecule has 4 rings (SSSR count). The maximum absolute atomic E-state index is 13.6. The molecule has 1 saturated heterocycles. The van der Waals surface area contributed by atoms with E-state index >= 15 is 0 Å². The number of aromatic nitrogens is 1. The maximum atomic E-state index is 13.6. The minimum absolute atomic E-state index is 0.106. The fourth-order valence-electron chi connectivity index (χ4n) is 4.72. The smallest absolute Gasteiger partial charge is 0.413 e. The maximum Gasteiger partial charge on any atom is 0.413 e. The summed E-state index contributed by atoms with van der Waals surface area (Å²) < 4.78 is 10.6. The normalized spacial score (nSPS) is 13.7. The van der Waals surface area contributed by atoms with E-state index in [-0.39, 0.29) is 37.7 Å². The topological polar surface area (TPSA) is 139 Å². The number of para-hydroxylation sites is 2. The Labute approximate surface area is 260 Å². The summed E-state index contributed by atoms with van der Waals surface area (Å²) >= 11 is 12.4. The van der Waals surface area contributed by atoms with E-state index in [9.17, 15) is 14.4 Å². The highest BCUT2D eigenvalue weighted by Gasteiger charge is 2.30. The van der Waals surface area contributed by atoms with Crippen molar-refractivity contribution in [3.8, 4) is 11.5 Å². The van der Waals surface area contributed by atoms with Gasteiger partial charge in [0.25, 0.3) is 0 Å². The fourth-order valence-corrected chi connectivity index (χ4v) is 5.21. The van der Waals surface area contributed by atoms with Gasteiger partial charge in [-0.25, -0.2) is 9.78 Å². The van der Waals surface area contributed by atoms with E-state index < -0.39 is 12.1 Å². The average molecular weight is 630 g/mol. The second-order valence-corrected chi connectivity index (χ2v) is 10.6. The number of ether oxygens (including phenoxy) is 2. The molecule has 2 aromatic carbocycles. The highest BCUT2D eigenvalue weighted by atomic mass is 35.5. The molecule has 0 radical (unpaired) electrons. The van der Waals surface area contributed by atoms with E-state index in [0.717, 1.165) is 5.56 Å². The van der Waals surface area contributed by atoms with Crippen molar-refractivity contribution in [1.82, 2.24) is 20.5 Å². The number of hydrogen-bond donors (Lipinski definition) is 3. The second-order valence-electron chi connectivity index (χ2n) is 9.79. The number of halogens is 2. The number of anilines is 1. The van der Waals surface area contributed by atoms with Crippen LogP contribution in [-0.2, 0) is 22.6 Å². The molecule has 11 nitrogen and oxygen atoms in total. The number of pyridine rings is 1. The summed E-state index contributed by atoms with van der Waals surface area (Å²) in [4.78, 5) is 46.8. The van der Waals surface area contributed by atoms with Crippen molar-refractivity contribution in [2.45, 2.75) is 25.4 Å². The number of benzene rings is 2. The average Bonchev–Trinajstić information content (AvgIpc) is 3.01. The lowest BCUT2D eigenvalue weighted by molar-refractivity contribution is -0.136. The number of piperazine rings is 1. The van der Waals surface area contributed by atoms with E-state index in [1.807, 2.05) is 6.07 Å². The van der Waals surface area contributed by atoms with E-state index in [4.69, 9.17) is 38.4 Å². The third kappa shape index (κ3) is 8.73. The number of nitrogens with zero attached hydrogens (tertiary/aromatic N) is 3. The van der Waals surface area contributed by atoms with Gasteiger partial charge in [-0.05, 0) is 35.9 Å². The van der Waals surface area contributed by atoms with Gasteiger partial charge in [0.1, 0.15) is 11.9 Å². The third-order valence-corrected chi connectivity index (χ3v) is 7.48. The standard InChI is InChI=1S/C30H34Cl2N6O5/c1-42-25-6-2-3-7-26(25)43-30(41)35-19-21-5-4-12-34-28(21)37-13-15-38(16-14-37)29(40)24(36-27(39)10-11-33)17-20-8-9-22(31)18-23(20)32/h2-9,12,18,24H,10-11,13-17,19,33H2,1H3,(H,35,41)(H,36,39)/t24-/m1/s1. The molecule has 1 aliphatic heterocycles. The van der Waals surface area contributed by atoms with Gasteiger partial charge in [0.2, 0.25) is 11.8 Å². The molecule has 3 aromatic rings. The molecule has 1 aromatic heterocycles. The number of methoxy groups -OCH3 is 1. The van der Waals surface area contributed by atoms with Gasteiger partial charge in [0.05, 0.1) is 7.11 Å². The van der Waals surface area contributed by atoms with Gasteiger partial charge in [-0.1, -0.05) is 47.5 Å². The zero-order valence-electron chi connectivity index (χ0n) is 23.7. The third-order valence-electron chi connectivity index (χ3n) is 6.90. The first-order valence-electron chi connectivity index (χ1n) is 13.8. The van der Waals surface area contributed by atoms with Crippen LogP contribution in [0.2, 0.25) is 10.0 Å². The van der Waals surface area contributed by atoms with Crippen LogP contribution in [0.3, 0.4) is 0 Å². The molecule has 1 fully saturated rings. The van der Waals surface area contributed by atoms with E-state index in [1.165, 1.54) is 7.11 Å². The summed E-state index contributed by atoms with van der Waals surface area (Å²) in [6, 6.07) is 14.8. The molecule has 0 aliphatic carbocycles. The van der Waals surface area contributed by atoms with Gasteiger partial charge in [-0.15, -0.1) is 0 Å². The van der Waals surface area contributed by atoms with Crippen LogP contribution in [0.15, 0.2) is 60.8 Å². The molecule has 3 amide bonds. The van der Waals surface area contributed by atoms with Crippen LogP contribution in [-0.4, -0.2) is 73.7 Å². The zero-order valence-corrected chi connectivity index (χ0v) is 25.2. The fraction of sp³-hybridized carbons (Fsp3) is 0.333. The Hall–Kier alpha value is -4.06. The Morgan fingerprint density at radius 3 is 2.44 bits per heavy atom. The molecular formula is C30H34Cl2N6O5. The molecule has 0 saturated carbocycles. The summed E-state index contributed by atoms with van der Waals surface area (Å²) in [5.41, 5.74) is 7.04. The van der Waals surface area contributed by atoms with Crippen molar-refractivity contribution >= 4 is 46.9 Å². The molecule has 2 heterocycles. The first-order chi connectivity index (χ1) is 20.8.